The second kappa shape index (κ2) is 10.6. The van der Waals surface area contributed by atoms with Crippen molar-refractivity contribution in [1.29, 1.82) is 0 Å². The molecule has 0 fully saturated rings. The molecule has 0 amide bonds. The normalized spacial score (nSPS) is 12.1. The number of aromatic nitrogens is 3. The first kappa shape index (κ1) is 26.5. The minimum absolute atomic E-state index is 0.274. The second-order valence-corrected chi connectivity index (χ2v) is 9.99. The van der Waals surface area contributed by atoms with Gasteiger partial charge in [-0.3, -0.25) is 4.99 Å². The Labute approximate surface area is 229 Å². The minimum Gasteiger partial charge on any atom is -0.406 e. The Hall–Kier alpha value is -4.11. The molecule has 0 bridgehead atoms. The summed E-state index contributed by atoms with van der Waals surface area (Å²) in [5, 5.41) is 6.65. The Morgan fingerprint density at radius 1 is 1.03 bits per heavy atom. The van der Waals surface area contributed by atoms with Gasteiger partial charge >= 0.3 is 6.36 Å². The lowest BCUT2D eigenvalue weighted by Crippen LogP contribution is -2.40. The number of ether oxygens (including phenoxy) is 1. The van der Waals surface area contributed by atoms with Crippen molar-refractivity contribution in [3.63, 3.8) is 0 Å². The van der Waals surface area contributed by atoms with Crippen molar-refractivity contribution in [1.82, 2.24) is 9.90 Å². The lowest BCUT2D eigenvalue weighted by molar-refractivity contribution is -0.664. The van der Waals surface area contributed by atoms with Crippen LogP contribution in [0.1, 0.15) is 22.3 Å². The summed E-state index contributed by atoms with van der Waals surface area (Å²) in [5.74, 6) is -0.274. The molecule has 5 nitrogen and oxygen atoms in total. The summed E-state index contributed by atoms with van der Waals surface area (Å²) >= 11 is 5.60. The van der Waals surface area contributed by atoms with E-state index in [9.17, 15) is 13.2 Å². The van der Waals surface area contributed by atoms with Crippen LogP contribution in [0.3, 0.4) is 0 Å². The zero-order valence-electron chi connectivity index (χ0n) is 21.7. The smallest absolute Gasteiger partial charge is 0.406 e. The number of rotatable bonds is 7. The van der Waals surface area contributed by atoms with E-state index in [1.54, 1.807) is 24.0 Å². The van der Waals surface area contributed by atoms with Crippen LogP contribution in [0.5, 0.6) is 5.75 Å². The Balaban J connectivity index is 1.36. The lowest BCUT2D eigenvalue weighted by Gasteiger charge is -2.09. The monoisotopic (exact) mass is 547 g/mol. The van der Waals surface area contributed by atoms with Gasteiger partial charge in [0.1, 0.15) is 5.75 Å². The molecule has 0 atom stereocenters. The maximum atomic E-state index is 12.5. The highest BCUT2D eigenvalue weighted by Crippen LogP contribution is 2.26. The standard InChI is InChI=1S/C30H26F3N4OS/c1-19-5-4-6-20(2)27(19)16-25(39)18-34-17-21-7-13-26-22(15-21)8-14-28-29(26)35-36(3)37(28)23-9-11-24(12-10-23)38-30(31,32)33/h4-15,17H,16,18H2,1-3H3/q+1. The van der Waals surface area contributed by atoms with Crippen LogP contribution in [0.25, 0.3) is 27.5 Å². The Morgan fingerprint density at radius 3 is 2.44 bits per heavy atom. The van der Waals surface area contributed by atoms with Crippen LogP contribution in [0.2, 0.25) is 0 Å². The first-order valence-corrected chi connectivity index (χ1v) is 12.7. The molecule has 198 valence electrons. The second-order valence-electron chi connectivity index (χ2n) is 9.41. The van der Waals surface area contributed by atoms with Crippen molar-refractivity contribution < 1.29 is 22.6 Å². The number of hydrogen-bond donors (Lipinski definition) is 0. The van der Waals surface area contributed by atoms with Crippen LogP contribution < -0.4 is 9.42 Å². The Kier molecular flexibility index (Phi) is 7.18. The fraction of sp³-hybridized carbons (Fsp3) is 0.200. The number of fused-ring (bicyclic) bond motifs is 3. The molecule has 1 aromatic heterocycles. The molecule has 0 aliphatic heterocycles. The highest BCUT2D eigenvalue weighted by molar-refractivity contribution is 7.80. The number of alkyl halides is 3. The predicted molar refractivity (Wildman–Crippen MR) is 151 cm³/mol. The van der Waals surface area contributed by atoms with E-state index in [0.29, 0.717) is 12.2 Å². The molecule has 5 rings (SSSR count). The van der Waals surface area contributed by atoms with Crippen LogP contribution in [0, 0.1) is 13.8 Å². The first-order chi connectivity index (χ1) is 18.6. The van der Waals surface area contributed by atoms with Gasteiger partial charge in [-0.1, -0.05) is 36.5 Å². The molecule has 39 heavy (non-hydrogen) atoms. The van der Waals surface area contributed by atoms with Crippen molar-refractivity contribution in [2.45, 2.75) is 26.6 Å². The predicted octanol–water partition coefficient (Wildman–Crippen LogP) is 6.55. The van der Waals surface area contributed by atoms with Crippen molar-refractivity contribution in [2.24, 2.45) is 12.0 Å². The van der Waals surface area contributed by atoms with E-state index in [2.05, 4.69) is 52.9 Å². The van der Waals surface area contributed by atoms with Gasteiger partial charge < -0.3 is 4.74 Å². The van der Waals surface area contributed by atoms with Crippen molar-refractivity contribution in [3.05, 3.63) is 95.1 Å². The van der Waals surface area contributed by atoms with Crippen LogP contribution in [-0.4, -0.2) is 33.9 Å². The number of hydrogen-bond acceptors (Lipinski definition) is 4. The molecule has 0 aliphatic rings. The maximum absolute atomic E-state index is 12.5. The largest absolute Gasteiger partial charge is 0.573 e. The van der Waals surface area contributed by atoms with E-state index >= 15 is 0 Å². The SMILES string of the molecule is Cc1cccc(C)c1CC(=S)CN=Cc1ccc2c(ccc3c2nn(C)[n+]3-c2ccc(OC(F)(F)F)cc2)c1. The van der Waals surface area contributed by atoms with Gasteiger partial charge in [-0.25, -0.2) is 0 Å². The minimum atomic E-state index is -4.73. The maximum Gasteiger partial charge on any atom is 0.573 e. The van der Waals surface area contributed by atoms with Crippen molar-refractivity contribution in [2.75, 3.05) is 6.54 Å². The third-order valence-electron chi connectivity index (χ3n) is 6.60. The van der Waals surface area contributed by atoms with Crippen LogP contribution >= 0.6 is 12.2 Å². The highest BCUT2D eigenvalue weighted by Gasteiger charge is 2.31. The number of thiocarbonyl (C=S) groups is 1. The molecule has 5 aromatic rings. The third-order valence-corrected chi connectivity index (χ3v) is 6.87. The Morgan fingerprint density at radius 2 is 1.74 bits per heavy atom. The molecule has 0 aliphatic carbocycles. The highest BCUT2D eigenvalue weighted by atomic mass is 32.1. The molecule has 0 radical (unpaired) electrons. The number of nitrogens with zero attached hydrogens (tertiary/aromatic N) is 4. The van der Waals surface area contributed by atoms with E-state index in [1.807, 2.05) is 35.2 Å². The zero-order valence-corrected chi connectivity index (χ0v) is 22.5. The molecule has 0 unspecified atom stereocenters. The van der Waals surface area contributed by atoms with E-state index < -0.39 is 6.36 Å². The molecule has 0 saturated carbocycles. The zero-order chi connectivity index (χ0) is 27.7. The van der Waals surface area contributed by atoms with Crippen LogP contribution in [0.15, 0.2) is 77.8 Å². The van der Waals surface area contributed by atoms with Gasteiger partial charge in [-0.2, -0.15) is 0 Å². The molecule has 0 saturated heterocycles. The van der Waals surface area contributed by atoms with Crippen molar-refractivity contribution in [3.8, 4) is 11.4 Å². The summed E-state index contributed by atoms with van der Waals surface area (Å²) in [4.78, 5) is 7.14. The van der Waals surface area contributed by atoms with E-state index in [-0.39, 0.29) is 5.75 Å². The number of halogens is 3. The van der Waals surface area contributed by atoms with Gasteiger partial charge in [0.05, 0.1) is 13.6 Å². The number of aryl methyl sites for hydroxylation is 3. The van der Waals surface area contributed by atoms with Gasteiger partial charge in [0, 0.05) is 28.0 Å². The van der Waals surface area contributed by atoms with Gasteiger partial charge in [-0.15, -0.1) is 17.9 Å². The summed E-state index contributed by atoms with van der Waals surface area (Å²) in [5.41, 5.74) is 6.98. The molecule has 0 spiro atoms. The summed E-state index contributed by atoms with van der Waals surface area (Å²) in [6.45, 7) is 4.69. The topological polar surface area (TPSA) is 43.3 Å². The van der Waals surface area contributed by atoms with Gasteiger partial charge in [-0.05, 0) is 94.8 Å². The summed E-state index contributed by atoms with van der Waals surface area (Å²) < 4.78 is 43.4. The molecule has 9 heteroatoms. The van der Waals surface area contributed by atoms with Gasteiger partial charge in [0.25, 0.3) is 5.52 Å². The lowest BCUT2D eigenvalue weighted by atomic mass is 9.99. The van der Waals surface area contributed by atoms with E-state index in [1.165, 1.54) is 28.8 Å². The number of benzene rings is 4. The van der Waals surface area contributed by atoms with Crippen LogP contribution in [-0.2, 0) is 13.5 Å². The Bertz CT molecular complexity index is 1700. The van der Waals surface area contributed by atoms with Gasteiger partial charge in [0.15, 0.2) is 5.69 Å². The van der Waals surface area contributed by atoms with Gasteiger partial charge in [0.2, 0.25) is 5.52 Å². The summed E-state index contributed by atoms with van der Waals surface area (Å²) in [6.07, 6.45) is -2.16. The first-order valence-electron chi connectivity index (χ1n) is 12.3. The molecular formula is C30H26F3N4OS+. The molecule has 1 heterocycles. The van der Waals surface area contributed by atoms with E-state index in [4.69, 9.17) is 12.2 Å². The van der Waals surface area contributed by atoms with Crippen molar-refractivity contribution >= 4 is 45.1 Å². The summed E-state index contributed by atoms with van der Waals surface area (Å²) in [6, 6.07) is 22.0. The quantitative estimate of drug-likeness (QED) is 0.132. The molecule has 4 aromatic carbocycles. The molecular weight excluding hydrogens is 521 g/mol. The molecule has 0 N–H and O–H groups in total. The average Bonchev–Trinajstić information content (AvgIpc) is 3.22. The van der Waals surface area contributed by atoms with E-state index in [0.717, 1.165) is 38.7 Å². The summed E-state index contributed by atoms with van der Waals surface area (Å²) in [7, 11) is 1.79. The number of aliphatic imine (C=N–C) groups is 1. The average molecular weight is 548 g/mol. The fourth-order valence-electron chi connectivity index (χ4n) is 4.75. The fourth-order valence-corrected chi connectivity index (χ4v) is 4.97. The third kappa shape index (κ3) is 5.83. The van der Waals surface area contributed by atoms with Crippen LogP contribution in [0.4, 0.5) is 13.2 Å².